The first-order valence-electron chi connectivity index (χ1n) is 10.9. The van der Waals surface area contributed by atoms with Crippen molar-refractivity contribution < 1.29 is 14.3 Å². The van der Waals surface area contributed by atoms with E-state index in [1.54, 1.807) is 18.2 Å². The van der Waals surface area contributed by atoms with Crippen LogP contribution in [0.5, 0.6) is 11.5 Å². The molecule has 10 heteroatoms. The van der Waals surface area contributed by atoms with Crippen molar-refractivity contribution in [3.05, 3.63) is 64.4 Å². The number of aromatic nitrogens is 2. The Labute approximate surface area is 201 Å². The molecule has 0 unspecified atom stereocenters. The molecule has 2 aromatic carbocycles. The fourth-order valence-corrected chi connectivity index (χ4v) is 4.72. The Morgan fingerprint density at radius 3 is 2.67 bits per heavy atom. The van der Waals surface area contributed by atoms with Crippen LogP contribution in [0.2, 0.25) is 5.02 Å². The second-order valence-electron chi connectivity index (χ2n) is 7.95. The van der Waals surface area contributed by atoms with E-state index < -0.39 is 0 Å². The standard InChI is InChI=1S/C23H24ClN5O3S/c24-18-4-1-16(2-5-18)13-21-26-23(33-27-21)29-11-9-28(10-12-29)8-7-25-22(30)17-3-6-19-20(14-17)32-15-31-19/h1-6,14H,7-13,15H2,(H,25,30). The van der Waals surface area contributed by atoms with Gasteiger partial charge in [-0.25, -0.2) is 4.98 Å². The fourth-order valence-electron chi connectivity index (χ4n) is 3.86. The molecule has 3 heterocycles. The average molecular weight is 486 g/mol. The van der Waals surface area contributed by atoms with Crippen molar-refractivity contribution in [2.45, 2.75) is 6.42 Å². The first-order chi connectivity index (χ1) is 16.1. The maximum absolute atomic E-state index is 12.4. The molecule has 1 N–H and O–H groups in total. The van der Waals surface area contributed by atoms with Gasteiger partial charge in [-0.2, -0.15) is 4.37 Å². The molecule has 0 radical (unpaired) electrons. The smallest absolute Gasteiger partial charge is 0.251 e. The number of hydrogen-bond donors (Lipinski definition) is 1. The summed E-state index contributed by atoms with van der Waals surface area (Å²) in [5.74, 6) is 2.03. The van der Waals surface area contributed by atoms with Gasteiger partial charge in [0.2, 0.25) is 11.9 Å². The van der Waals surface area contributed by atoms with Gasteiger partial charge in [0.1, 0.15) is 5.82 Å². The van der Waals surface area contributed by atoms with E-state index >= 15 is 0 Å². The Hall–Kier alpha value is -2.88. The highest BCUT2D eigenvalue weighted by Crippen LogP contribution is 2.32. The maximum atomic E-state index is 12.4. The SMILES string of the molecule is O=C(NCCN1CCN(c2nc(Cc3ccc(Cl)cc3)ns2)CC1)c1ccc2c(c1)OCO2. The number of hydrogen-bond acceptors (Lipinski definition) is 8. The van der Waals surface area contributed by atoms with Gasteiger partial charge in [0.25, 0.3) is 5.91 Å². The third kappa shape index (κ3) is 5.38. The van der Waals surface area contributed by atoms with E-state index in [4.69, 9.17) is 26.1 Å². The Kier molecular flexibility index (Phi) is 6.61. The molecule has 1 amide bonds. The van der Waals surface area contributed by atoms with Crippen LogP contribution in [0.25, 0.3) is 0 Å². The molecule has 2 aliphatic rings. The van der Waals surface area contributed by atoms with Gasteiger partial charge in [-0.1, -0.05) is 23.7 Å². The van der Waals surface area contributed by atoms with Gasteiger partial charge >= 0.3 is 0 Å². The molecular weight excluding hydrogens is 462 g/mol. The minimum absolute atomic E-state index is 0.103. The van der Waals surface area contributed by atoms with Gasteiger partial charge < -0.3 is 19.7 Å². The number of piperazine rings is 1. The van der Waals surface area contributed by atoms with E-state index in [0.717, 1.165) is 54.3 Å². The lowest BCUT2D eigenvalue weighted by molar-refractivity contribution is 0.0947. The first kappa shape index (κ1) is 21.9. The second-order valence-corrected chi connectivity index (χ2v) is 9.12. The zero-order valence-electron chi connectivity index (χ0n) is 18.0. The molecular formula is C23H24ClN5O3S. The van der Waals surface area contributed by atoms with E-state index in [1.807, 2.05) is 24.3 Å². The molecule has 3 aromatic rings. The number of fused-ring (bicyclic) bond motifs is 1. The quantitative estimate of drug-likeness (QED) is 0.551. The monoisotopic (exact) mass is 485 g/mol. The fraction of sp³-hybridized carbons (Fsp3) is 0.348. The first-order valence-corrected chi connectivity index (χ1v) is 12.0. The van der Waals surface area contributed by atoms with Crippen LogP contribution in [0.4, 0.5) is 5.13 Å². The Morgan fingerprint density at radius 1 is 1.06 bits per heavy atom. The van der Waals surface area contributed by atoms with E-state index in [-0.39, 0.29) is 12.7 Å². The summed E-state index contributed by atoms with van der Waals surface area (Å²) in [7, 11) is 0. The zero-order valence-corrected chi connectivity index (χ0v) is 19.6. The Bertz CT molecular complexity index is 1120. The second kappa shape index (κ2) is 9.94. The number of ether oxygens (including phenoxy) is 2. The lowest BCUT2D eigenvalue weighted by Gasteiger charge is -2.34. The number of carbonyl (C=O) groups is 1. The van der Waals surface area contributed by atoms with Gasteiger partial charge in [0.05, 0.1) is 0 Å². The summed E-state index contributed by atoms with van der Waals surface area (Å²) in [6.45, 7) is 5.24. The van der Waals surface area contributed by atoms with Crippen LogP contribution >= 0.6 is 23.1 Å². The summed E-state index contributed by atoms with van der Waals surface area (Å²) in [5.41, 5.74) is 1.73. The van der Waals surface area contributed by atoms with Gasteiger partial charge in [0.15, 0.2) is 11.5 Å². The van der Waals surface area contributed by atoms with E-state index in [1.165, 1.54) is 11.5 Å². The van der Waals surface area contributed by atoms with Gasteiger partial charge in [-0.15, -0.1) is 0 Å². The predicted molar refractivity (Wildman–Crippen MR) is 128 cm³/mol. The number of nitrogens with one attached hydrogen (secondary N) is 1. The largest absolute Gasteiger partial charge is 0.454 e. The summed E-state index contributed by atoms with van der Waals surface area (Å²) in [5, 5.41) is 4.69. The predicted octanol–water partition coefficient (Wildman–Crippen LogP) is 3.06. The molecule has 8 nitrogen and oxygen atoms in total. The summed E-state index contributed by atoms with van der Waals surface area (Å²) in [6, 6.07) is 13.0. The highest BCUT2D eigenvalue weighted by Gasteiger charge is 2.21. The van der Waals surface area contributed by atoms with Crippen LogP contribution in [-0.2, 0) is 6.42 Å². The van der Waals surface area contributed by atoms with E-state index in [9.17, 15) is 4.79 Å². The lowest BCUT2D eigenvalue weighted by atomic mass is 10.1. The molecule has 1 saturated heterocycles. The van der Waals surface area contributed by atoms with Crippen LogP contribution in [0, 0.1) is 0 Å². The molecule has 33 heavy (non-hydrogen) atoms. The van der Waals surface area contributed by atoms with Crippen molar-refractivity contribution in [1.82, 2.24) is 19.6 Å². The molecule has 172 valence electrons. The third-order valence-corrected chi connectivity index (χ3v) is 6.79. The summed E-state index contributed by atoms with van der Waals surface area (Å²) in [4.78, 5) is 21.8. The van der Waals surface area contributed by atoms with Crippen LogP contribution in [-0.4, -0.2) is 66.2 Å². The van der Waals surface area contributed by atoms with Crippen molar-refractivity contribution in [3.63, 3.8) is 0 Å². The molecule has 0 spiro atoms. The van der Waals surface area contributed by atoms with E-state index in [0.29, 0.717) is 30.0 Å². The summed E-state index contributed by atoms with van der Waals surface area (Å²) in [6.07, 6.45) is 0.705. The third-order valence-electron chi connectivity index (χ3n) is 5.72. The normalized spacial score (nSPS) is 15.6. The minimum Gasteiger partial charge on any atom is -0.454 e. The van der Waals surface area contributed by atoms with Crippen LogP contribution in [0.3, 0.4) is 0 Å². The molecule has 0 saturated carbocycles. The molecule has 1 aromatic heterocycles. The molecule has 2 aliphatic heterocycles. The molecule has 0 aliphatic carbocycles. The summed E-state index contributed by atoms with van der Waals surface area (Å²) < 4.78 is 15.2. The molecule has 0 atom stereocenters. The highest BCUT2D eigenvalue weighted by molar-refractivity contribution is 7.09. The topological polar surface area (TPSA) is 79.8 Å². The van der Waals surface area contributed by atoms with Crippen molar-refractivity contribution in [1.29, 1.82) is 0 Å². The number of nitrogens with zero attached hydrogens (tertiary/aromatic N) is 4. The van der Waals surface area contributed by atoms with Gasteiger partial charge in [0, 0.05) is 67.8 Å². The number of benzene rings is 2. The number of halogens is 1. The van der Waals surface area contributed by atoms with Crippen LogP contribution in [0.1, 0.15) is 21.7 Å². The molecule has 1 fully saturated rings. The Morgan fingerprint density at radius 2 is 1.85 bits per heavy atom. The lowest BCUT2D eigenvalue weighted by Crippen LogP contribution is -2.48. The highest BCUT2D eigenvalue weighted by atomic mass is 35.5. The zero-order chi connectivity index (χ0) is 22.6. The Balaban J connectivity index is 1.05. The maximum Gasteiger partial charge on any atom is 0.251 e. The summed E-state index contributed by atoms with van der Waals surface area (Å²) >= 11 is 7.41. The van der Waals surface area contributed by atoms with Crippen molar-refractivity contribution in [3.8, 4) is 11.5 Å². The average Bonchev–Trinajstić information content (AvgIpc) is 3.50. The van der Waals surface area contributed by atoms with Crippen LogP contribution in [0.15, 0.2) is 42.5 Å². The minimum atomic E-state index is -0.103. The van der Waals surface area contributed by atoms with Crippen molar-refractivity contribution in [2.75, 3.05) is 51.0 Å². The van der Waals surface area contributed by atoms with Crippen LogP contribution < -0.4 is 19.7 Å². The molecule has 0 bridgehead atoms. The van der Waals surface area contributed by atoms with Gasteiger partial charge in [-0.3, -0.25) is 9.69 Å². The number of amides is 1. The number of anilines is 1. The number of carbonyl (C=O) groups excluding carboxylic acids is 1. The number of rotatable bonds is 7. The molecule has 5 rings (SSSR count). The van der Waals surface area contributed by atoms with Crippen molar-refractivity contribution >= 4 is 34.2 Å². The van der Waals surface area contributed by atoms with Gasteiger partial charge in [-0.05, 0) is 35.9 Å². The van der Waals surface area contributed by atoms with Crippen molar-refractivity contribution in [2.24, 2.45) is 0 Å². The van der Waals surface area contributed by atoms with E-state index in [2.05, 4.69) is 19.5 Å².